The fourth-order valence-electron chi connectivity index (χ4n) is 2.53. The molecule has 0 radical (unpaired) electrons. The van der Waals surface area contributed by atoms with E-state index in [0.29, 0.717) is 0 Å². The zero-order chi connectivity index (χ0) is 17.2. The highest BCUT2D eigenvalue weighted by Gasteiger charge is 2.03. The smallest absolute Gasteiger partial charge is 0.191 e. The molecular weight excluding hydrogens is 443 g/mol. The van der Waals surface area contributed by atoms with Gasteiger partial charge in [-0.25, -0.2) is 0 Å². The highest BCUT2D eigenvalue weighted by atomic mass is 127. The molecule has 6 heteroatoms. The number of guanidine groups is 1. The summed E-state index contributed by atoms with van der Waals surface area (Å²) in [5.74, 6) is 0.831. The second kappa shape index (κ2) is 12.3. The Labute approximate surface area is 172 Å². The molecule has 0 saturated heterocycles. The van der Waals surface area contributed by atoms with Crippen molar-refractivity contribution in [3.05, 3.63) is 57.8 Å². The molecule has 0 fully saturated rings. The first kappa shape index (κ1) is 21.9. The predicted octanol–water partition coefficient (Wildman–Crippen LogP) is 4.07. The van der Waals surface area contributed by atoms with E-state index in [0.717, 1.165) is 38.7 Å². The van der Waals surface area contributed by atoms with Gasteiger partial charge >= 0.3 is 0 Å². The fraction of sp³-hybridized carbons (Fsp3) is 0.421. The average molecular weight is 472 g/mol. The minimum atomic E-state index is 0. The van der Waals surface area contributed by atoms with Gasteiger partial charge in [0.15, 0.2) is 5.96 Å². The lowest BCUT2D eigenvalue weighted by atomic mass is 10.1. The average Bonchev–Trinajstić information content (AvgIpc) is 3.13. The number of hydrogen-bond donors (Lipinski definition) is 2. The minimum absolute atomic E-state index is 0. The first-order chi connectivity index (χ1) is 11.7. The number of nitrogens with zero attached hydrogens (tertiary/aromatic N) is 2. The Bertz CT molecular complexity index is 624. The molecule has 0 unspecified atom stereocenters. The number of halogens is 1. The largest absolute Gasteiger partial charge is 0.352 e. The van der Waals surface area contributed by atoms with Crippen molar-refractivity contribution in [3.63, 3.8) is 0 Å². The quantitative estimate of drug-likeness (QED) is 0.346. The monoisotopic (exact) mass is 472 g/mol. The summed E-state index contributed by atoms with van der Waals surface area (Å²) >= 11 is 1.75. The molecule has 0 aliphatic rings. The van der Waals surface area contributed by atoms with Gasteiger partial charge in [0.2, 0.25) is 0 Å². The third-order valence-corrected chi connectivity index (χ3v) is 4.86. The van der Waals surface area contributed by atoms with Crippen LogP contribution < -0.4 is 10.6 Å². The zero-order valence-corrected chi connectivity index (χ0v) is 18.4. The van der Waals surface area contributed by atoms with E-state index in [1.807, 2.05) is 0 Å². The van der Waals surface area contributed by atoms with Crippen molar-refractivity contribution < 1.29 is 0 Å². The number of rotatable bonds is 8. The van der Waals surface area contributed by atoms with Crippen molar-refractivity contribution in [2.45, 2.75) is 33.5 Å². The maximum atomic E-state index is 4.29. The number of nitrogens with one attached hydrogen (secondary N) is 2. The first-order valence-electron chi connectivity index (χ1n) is 8.52. The van der Waals surface area contributed by atoms with Crippen molar-refractivity contribution in [1.29, 1.82) is 0 Å². The molecule has 2 N–H and O–H groups in total. The Balaban J connectivity index is 0.00000312. The molecule has 1 aromatic heterocycles. The summed E-state index contributed by atoms with van der Waals surface area (Å²) in [6, 6.07) is 13.0. The Kier molecular flexibility index (Phi) is 10.8. The number of benzene rings is 1. The van der Waals surface area contributed by atoms with E-state index < -0.39 is 0 Å². The van der Waals surface area contributed by atoms with Crippen molar-refractivity contribution in [3.8, 4) is 0 Å². The molecule has 0 bridgehead atoms. The van der Waals surface area contributed by atoms with Crippen LogP contribution in [0.5, 0.6) is 0 Å². The van der Waals surface area contributed by atoms with Crippen molar-refractivity contribution in [2.24, 2.45) is 4.99 Å². The lowest BCUT2D eigenvalue weighted by molar-refractivity contribution is 0.296. The van der Waals surface area contributed by atoms with Crippen LogP contribution in [0.15, 0.2) is 46.8 Å². The first-order valence-corrected chi connectivity index (χ1v) is 9.40. The van der Waals surface area contributed by atoms with Crippen LogP contribution in [-0.2, 0) is 19.6 Å². The van der Waals surface area contributed by atoms with E-state index in [9.17, 15) is 0 Å². The van der Waals surface area contributed by atoms with Crippen molar-refractivity contribution in [2.75, 3.05) is 20.1 Å². The van der Waals surface area contributed by atoms with Crippen LogP contribution in [0.4, 0.5) is 0 Å². The van der Waals surface area contributed by atoms with Crippen LogP contribution >= 0.6 is 35.3 Å². The van der Waals surface area contributed by atoms with Gasteiger partial charge in [0, 0.05) is 25.0 Å². The van der Waals surface area contributed by atoms with Crippen LogP contribution in [0.1, 0.15) is 29.9 Å². The molecule has 0 atom stereocenters. The third kappa shape index (κ3) is 7.75. The van der Waals surface area contributed by atoms with Gasteiger partial charge in [0.25, 0.3) is 0 Å². The summed E-state index contributed by atoms with van der Waals surface area (Å²) < 4.78 is 0. The summed E-state index contributed by atoms with van der Waals surface area (Å²) in [5.41, 5.74) is 2.64. The van der Waals surface area contributed by atoms with Gasteiger partial charge < -0.3 is 10.6 Å². The fourth-order valence-corrected chi connectivity index (χ4v) is 3.18. The van der Waals surface area contributed by atoms with Crippen LogP contribution in [0.2, 0.25) is 0 Å². The van der Waals surface area contributed by atoms with Crippen LogP contribution in [0.3, 0.4) is 0 Å². The Morgan fingerprint density at radius 3 is 2.40 bits per heavy atom. The van der Waals surface area contributed by atoms with Gasteiger partial charge in [-0.2, -0.15) is 0 Å². The Morgan fingerprint density at radius 1 is 1.04 bits per heavy atom. The van der Waals surface area contributed by atoms with E-state index in [2.05, 4.69) is 76.2 Å². The minimum Gasteiger partial charge on any atom is -0.352 e. The molecule has 0 aliphatic carbocycles. The molecule has 0 spiro atoms. The second-order valence-electron chi connectivity index (χ2n) is 5.64. The summed E-state index contributed by atoms with van der Waals surface area (Å²) in [7, 11) is 1.81. The number of thiophene rings is 1. The maximum absolute atomic E-state index is 4.29. The highest BCUT2D eigenvalue weighted by Crippen LogP contribution is 2.09. The molecule has 0 saturated carbocycles. The molecule has 4 nitrogen and oxygen atoms in total. The van der Waals surface area contributed by atoms with Gasteiger partial charge in [0.05, 0.1) is 6.54 Å². The lowest BCUT2D eigenvalue weighted by Gasteiger charge is -2.18. The molecular formula is C19H29IN4S. The standard InChI is InChI=1S/C19H28N4S.HI/c1-4-23(5-2)15-17-9-6-8-16(12-17)13-21-19(20-3)22-14-18-10-7-11-24-18;/h6-12H,4-5,13-15H2,1-3H3,(H2,20,21,22);1H. The number of aliphatic imine (C=N–C) groups is 1. The topological polar surface area (TPSA) is 39.7 Å². The molecule has 25 heavy (non-hydrogen) atoms. The van der Waals surface area contributed by atoms with Crippen molar-refractivity contribution in [1.82, 2.24) is 15.5 Å². The molecule has 138 valence electrons. The summed E-state index contributed by atoms with van der Waals surface area (Å²) in [6.07, 6.45) is 0. The summed E-state index contributed by atoms with van der Waals surface area (Å²) in [4.78, 5) is 8.02. The molecule has 0 aliphatic heterocycles. The molecule has 2 aromatic rings. The Morgan fingerprint density at radius 2 is 1.76 bits per heavy atom. The van der Waals surface area contributed by atoms with Gasteiger partial charge in [-0.3, -0.25) is 9.89 Å². The van der Waals surface area contributed by atoms with E-state index in [1.165, 1.54) is 16.0 Å². The van der Waals surface area contributed by atoms with Gasteiger partial charge in [-0.15, -0.1) is 35.3 Å². The third-order valence-electron chi connectivity index (χ3n) is 3.99. The SMILES string of the molecule is CCN(CC)Cc1cccc(CNC(=NC)NCc2cccs2)c1.I. The molecule has 1 heterocycles. The van der Waals surface area contributed by atoms with Crippen LogP contribution in [0.25, 0.3) is 0 Å². The van der Waals surface area contributed by atoms with Crippen molar-refractivity contribution >= 4 is 41.3 Å². The summed E-state index contributed by atoms with van der Waals surface area (Å²) in [6.45, 7) is 9.16. The molecule has 1 aromatic carbocycles. The predicted molar refractivity (Wildman–Crippen MR) is 120 cm³/mol. The van der Waals surface area contributed by atoms with Crippen LogP contribution in [0, 0.1) is 0 Å². The lowest BCUT2D eigenvalue weighted by Crippen LogP contribution is -2.36. The van der Waals surface area contributed by atoms with E-state index in [-0.39, 0.29) is 24.0 Å². The Hall–Kier alpha value is -1.12. The summed E-state index contributed by atoms with van der Waals surface area (Å²) in [5, 5.41) is 8.83. The van der Waals surface area contributed by atoms with Gasteiger partial charge in [0.1, 0.15) is 0 Å². The van der Waals surface area contributed by atoms with E-state index >= 15 is 0 Å². The number of hydrogen-bond acceptors (Lipinski definition) is 3. The van der Waals surface area contributed by atoms with Gasteiger partial charge in [-0.05, 0) is 35.7 Å². The van der Waals surface area contributed by atoms with Gasteiger partial charge in [-0.1, -0.05) is 44.2 Å². The van der Waals surface area contributed by atoms with Crippen LogP contribution in [-0.4, -0.2) is 31.0 Å². The normalized spacial score (nSPS) is 11.3. The second-order valence-corrected chi connectivity index (χ2v) is 6.67. The van der Waals surface area contributed by atoms with E-state index in [4.69, 9.17) is 0 Å². The van der Waals surface area contributed by atoms with E-state index in [1.54, 1.807) is 18.4 Å². The highest BCUT2D eigenvalue weighted by molar-refractivity contribution is 14.0. The maximum Gasteiger partial charge on any atom is 0.191 e. The molecule has 0 amide bonds. The molecule has 2 rings (SSSR count). The zero-order valence-electron chi connectivity index (χ0n) is 15.3.